The van der Waals surface area contributed by atoms with Crippen LogP contribution < -0.4 is 15.4 Å². The minimum Gasteiger partial charge on any atom is -0.495 e. The molecule has 2 N–H and O–H groups in total. The van der Waals surface area contributed by atoms with E-state index in [2.05, 4.69) is 20.6 Å². The molecule has 0 atom stereocenters. The van der Waals surface area contributed by atoms with E-state index < -0.39 is 0 Å². The van der Waals surface area contributed by atoms with Crippen LogP contribution in [-0.2, 0) is 6.54 Å². The highest BCUT2D eigenvalue weighted by atomic mass is 16.5. The molecule has 0 aliphatic rings. The maximum absolute atomic E-state index is 12.2. The van der Waals surface area contributed by atoms with E-state index in [0.29, 0.717) is 12.2 Å². The number of anilines is 2. The Labute approximate surface area is 152 Å². The highest BCUT2D eigenvalue weighted by Gasteiger charge is 2.08. The number of carbonyl (C=O) groups is 1. The monoisotopic (exact) mass is 348 g/mol. The van der Waals surface area contributed by atoms with Gasteiger partial charge >= 0.3 is 0 Å². The van der Waals surface area contributed by atoms with Crippen molar-refractivity contribution in [3.63, 3.8) is 0 Å². The van der Waals surface area contributed by atoms with Crippen LogP contribution in [0.1, 0.15) is 21.7 Å². The first-order valence-electron chi connectivity index (χ1n) is 8.21. The number of pyridine rings is 2. The van der Waals surface area contributed by atoms with E-state index in [0.717, 1.165) is 28.4 Å². The van der Waals surface area contributed by atoms with E-state index in [4.69, 9.17) is 4.74 Å². The summed E-state index contributed by atoms with van der Waals surface area (Å²) in [4.78, 5) is 20.6. The summed E-state index contributed by atoms with van der Waals surface area (Å²) in [5.41, 5.74) is 3.89. The molecule has 6 heteroatoms. The van der Waals surface area contributed by atoms with Crippen LogP contribution in [0, 0.1) is 6.92 Å². The van der Waals surface area contributed by atoms with Crippen molar-refractivity contribution in [3.05, 3.63) is 77.9 Å². The second kappa shape index (κ2) is 8.11. The first kappa shape index (κ1) is 17.4. The Morgan fingerprint density at radius 1 is 1.12 bits per heavy atom. The number of carbonyl (C=O) groups excluding carboxylic acids is 1. The fourth-order valence-corrected chi connectivity index (χ4v) is 2.44. The number of hydrogen-bond donors (Lipinski definition) is 2. The Morgan fingerprint density at radius 3 is 2.69 bits per heavy atom. The number of nitrogens with zero attached hydrogens (tertiary/aromatic N) is 2. The van der Waals surface area contributed by atoms with Gasteiger partial charge in [0.1, 0.15) is 11.4 Å². The lowest BCUT2D eigenvalue weighted by atomic mass is 10.2. The number of rotatable bonds is 6. The Balaban J connectivity index is 1.65. The minimum absolute atomic E-state index is 0.240. The molecule has 0 aliphatic carbocycles. The second-order valence-electron chi connectivity index (χ2n) is 5.76. The highest BCUT2D eigenvalue weighted by Crippen LogP contribution is 2.28. The van der Waals surface area contributed by atoms with Crippen molar-refractivity contribution in [2.24, 2.45) is 0 Å². The van der Waals surface area contributed by atoms with Crippen molar-refractivity contribution < 1.29 is 9.53 Å². The summed E-state index contributed by atoms with van der Waals surface area (Å²) in [5.74, 6) is 0.503. The Hall–Kier alpha value is -3.41. The smallest absolute Gasteiger partial charge is 0.270 e. The minimum atomic E-state index is -0.240. The molecule has 0 fully saturated rings. The summed E-state index contributed by atoms with van der Waals surface area (Å²) in [6.07, 6.45) is 3.32. The third-order valence-corrected chi connectivity index (χ3v) is 3.79. The molecule has 0 unspecified atom stereocenters. The number of aromatic nitrogens is 2. The molecule has 1 aromatic carbocycles. The lowest BCUT2D eigenvalue weighted by molar-refractivity contribution is 0.0945. The molecule has 0 radical (unpaired) electrons. The molecule has 2 heterocycles. The van der Waals surface area contributed by atoms with Gasteiger partial charge in [-0.25, -0.2) is 4.98 Å². The van der Waals surface area contributed by atoms with Gasteiger partial charge in [0, 0.05) is 6.20 Å². The quantitative estimate of drug-likeness (QED) is 0.713. The molecule has 3 aromatic rings. The van der Waals surface area contributed by atoms with Crippen molar-refractivity contribution in [2.45, 2.75) is 13.5 Å². The van der Waals surface area contributed by atoms with Gasteiger partial charge in [0.15, 0.2) is 0 Å². The van der Waals surface area contributed by atoms with E-state index in [-0.39, 0.29) is 5.91 Å². The normalized spacial score (nSPS) is 10.2. The third kappa shape index (κ3) is 4.36. The zero-order chi connectivity index (χ0) is 18.4. The molecule has 0 spiro atoms. The number of ether oxygens (including phenoxy) is 1. The number of amides is 1. The summed E-state index contributed by atoms with van der Waals surface area (Å²) in [5, 5.41) is 6.06. The molecule has 0 saturated heterocycles. The average Bonchev–Trinajstić information content (AvgIpc) is 2.68. The van der Waals surface area contributed by atoms with Crippen LogP contribution in [-0.4, -0.2) is 23.0 Å². The lowest BCUT2D eigenvalue weighted by Crippen LogP contribution is -2.24. The summed E-state index contributed by atoms with van der Waals surface area (Å²) in [6.45, 7) is 2.37. The fourth-order valence-electron chi connectivity index (χ4n) is 2.44. The molecular weight excluding hydrogens is 328 g/mol. The maximum atomic E-state index is 12.2. The van der Waals surface area contributed by atoms with Crippen molar-refractivity contribution in [1.29, 1.82) is 0 Å². The van der Waals surface area contributed by atoms with Crippen LogP contribution in [0.4, 0.5) is 11.4 Å². The molecule has 6 nitrogen and oxygen atoms in total. The number of benzene rings is 1. The molecule has 3 rings (SSSR count). The van der Waals surface area contributed by atoms with Gasteiger partial charge < -0.3 is 15.4 Å². The number of aryl methyl sites for hydroxylation is 1. The number of hydrogen-bond acceptors (Lipinski definition) is 5. The maximum Gasteiger partial charge on any atom is 0.270 e. The van der Waals surface area contributed by atoms with Crippen LogP contribution in [0.25, 0.3) is 0 Å². The van der Waals surface area contributed by atoms with Crippen LogP contribution in [0.15, 0.2) is 60.9 Å². The van der Waals surface area contributed by atoms with Gasteiger partial charge in [-0.15, -0.1) is 0 Å². The SMILES string of the molecule is COc1ccc(C)cc1Nc1ccc(C(=O)NCc2ccccn2)nc1. The van der Waals surface area contributed by atoms with E-state index in [1.807, 2.05) is 49.4 Å². The van der Waals surface area contributed by atoms with E-state index in [1.165, 1.54) is 0 Å². The number of nitrogens with one attached hydrogen (secondary N) is 2. The van der Waals surface area contributed by atoms with Gasteiger partial charge in [-0.3, -0.25) is 9.78 Å². The van der Waals surface area contributed by atoms with Crippen LogP contribution in [0.5, 0.6) is 5.75 Å². The van der Waals surface area contributed by atoms with Crippen LogP contribution in [0.3, 0.4) is 0 Å². The first-order chi connectivity index (χ1) is 12.7. The fraction of sp³-hybridized carbons (Fsp3) is 0.150. The van der Waals surface area contributed by atoms with Gasteiger partial charge in [-0.1, -0.05) is 12.1 Å². The molecule has 26 heavy (non-hydrogen) atoms. The first-order valence-corrected chi connectivity index (χ1v) is 8.21. The standard InChI is InChI=1S/C20H20N4O2/c1-14-6-9-19(26-2)18(11-14)24-16-7-8-17(22-13-16)20(25)23-12-15-5-3-4-10-21-15/h3-11,13,24H,12H2,1-2H3,(H,23,25). The van der Waals surface area contributed by atoms with E-state index in [1.54, 1.807) is 25.6 Å². The van der Waals surface area contributed by atoms with Gasteiger partial charge in [0.05, 0.1) is 36.9 Å². The van der Waals surface area contributed by atoms with E-state index in [9.17, 15) is 4.79 Å². The van der Waals surface area contributed by atoms with E-state index >= 15 is 0 Å². The molecule has 1 amide bonds. The topological polar surface area (TPSA) is 76.1 Å². The van der Waals surface area contributed by atoms with Crippen LogP contribution in [0.2, 0.25) is 0 Å². The highest BCUT2D eigenvalue weighted by molar-refractivity contribution is 5.92. The average molecular weight is 348 g/mol. The zero-order valence-corrected chi connectivity index (χ0v) is 14.7. The Kier molecular flexibility index (Phi) is 5.43. The van der Waals surface area contributed by atoms with Gasteiger partial charge in [0.2, 0.25) is 0 Å². The summed E-state index contributed by atoms with van der Waals surface area (Å²) in [6, 6.07) is 14.9. The second-order valence-corrected chi connectivity index (χ2v) is 5.76. The molecule has 2 aromatic heterocycles. The third-order valence-electron chi connectivity index (χ3n) is 3.79. The molecule has 0 aliphatic heterocycles. The Morgan fingerprint density at radius 2 is 2.00 bits per heavy atom. The van der Waals surface area contributed by atoms with Gasteiger partial charge in [0.25, 0.3) is 5.91 Å². The van der Waals surface area contributed by atoms with Crippen molar-refractivity contribution >= 4 is 17.3 Å². The van der Waals surface area contributed by atoms with Crippen molar-refractivity contribution in [1.82, 2.24) is 15.3 Å². The molecule has 0 saturated carbocycles. The Bertz CT molecular complexity index is 880. The molecule has 0 bridgehead atoms. The largest absolute Gasteiger partial charge is 0.495 e. The summed E-state index contributed by atoms with van der Waals surface area (Å²) >= 11 is 0. The molecule has 132 valence electrons. The zero-order valence-electron chi connectivity index (χ0n) is 14.7. The van der Waals surface area contributed by atoms with Crippen molar-refractivity contribution in [3.8, 4) is 5.75 Å². The van der Waals surface area contributed by atoms with Crippen molar-refractivity contribution in [2.75, 3.05) is 12.4 Å². The molecular formula is C20H20N4O2. The predicted octanol–water partition coefficient (Wildman–Crippen LogP) is 3.47. The lowest BCUT2D eigenvalue weighted by Gasteiger charge is -2.12. The van der Waals surface area contributed by atoms with Crippen LogP contribution >= 0.6 is 0 Å². The van der Waals surface area contributed by atoms with Gasteiger partial charge in [-0.05, 0) is 48.9 Å². The predicted molar refractivity (Wildman–Crippen MR) is 101 cm³/mol. The number of methoxy groups -OCH3 is 1. The summed E-state index contributed by atoms with van der Waals surface area (Å²) < 4.78 is 5.36. The summed E-state index contributed by atoms with van der Waals surface area (Å²) in [7, 11) is 1.63. The van der Waals surface area contributed by atoms with Gasteiger partial charge in [-0.2, -0.15) is 0 Å².